The Bertz CT molecular complexity index is 1310. The first-order chi connectivity index (χ1) is 18.1. The fraction of sp³-hybridized carbons (Fsp3) is 0.400. The summed E-state index contributed by atoms with van der Waals surface area (Å²) in [5, 5.41) is 4.48. The number of hydrogen-bond acceptors (Lipinski definition) is 6. The number of nitrogens with zero attached hydrogens (tertiary/aromatic N) is 1. The summed E-state index contributed by atoms with van der Waals surface area (Å²) in [6, 6.07) is 6.48. The van der Waals surface area contributed by atoms with Crippen LogP contribution in [0.4, 0.5) is 18.9 Å². The van der Waals surface area contributed by atoms with Gasteiger partial charge in [-0.2, -0.15) is 17.5 Å². The SMILES string of the molecule is CCN(CC)S(=O)(=O)c1cccc(C(=O)NC(C(=O)OCC(=O)Nc2cc(C(F)(F)F)ccc2Cl)C(C)C)c1. The highest BCUT2D eigenvalue weighted by Crippen LogP contribution is 2.33. The van der Waals surface area contributed by atoms with Crippen LogP contribution in [0, 0.1) is 5.92 Å². The lowest BCUT2D eigenvalue weighted by molar-refractivity contribution is -0.150. The van der Waals surface area contributed by atoms with Crippen molar-refractivity contribution in [2.45, 2.75) is 44.8 Å². The number of amides is 2. The molecule has 214 valence electrons. The van der Waals surface area contributed by atoms with Gasteiger partial charge in [0.05, 0.1) is 21.2 Å². The van der Waals surface area contributed by atoms with Gasteiger partial charge in [-0.05, 0) is 42.3 Å². The van der Waals surface area contributed by atoms with Crippen LogP contribution >= 0.6 is 11.6 Å². The van der Waals surface area contributed by atoms with Crippen LogP contribution in [-0.2, 0) is 30.5 Å². The smallest absolute Gasteiger partial charge is 0.416 e. The Hall–Kier alpha value is -3.16. The summed E-state index contributed by atoms with van der Waals surface area (Å²) in [6.45, 7) is 6.21. The molecule has 2 N–H and O–H groups in total. The Morgan fingerprint density at radius 3 is 2.26 bits per heavy atom. The number of benzene rings is 2. The molecule has 0 aliphatic rings. The number of nitrogens with one attached hydrogen (secondary N) is 2. The van der Waals surface area contributed by atoms with E-state index in [9.17, 15) is 36.0 Å². The van der Waals surface area contributed by atoms with E-state index in [1.807, 2.05) is 0 Å². The third-order valence-corrected chi connectivity index (χ3v) is 7.94. The number of hydrogen-bond donors (Lipinski definition) is 2. The summed E-state index contributed by atoms with van der Waals surface area (Å²) in [7, 11) is -3.83. The van der Waals surface area contributed by atoms with Gasteiger partial charge in [0.25, 0.3) is 11.8 Å². The van der Waals surface area contributed by atoms with E-state index in [4.69, 9.17) is 16.3 Å². The van der Waals surface area contributed by atoms with Crippen molar-refractivity contribution >= 4 is 45.1 Å². The van der Waals surface area contributed by atoms with E-state index in [2.05, 4.69) is 10.6 Å². The summed E-state index contributed by atoms with van der Waals surface area (Å²) >= 11 is 5.86. The minimum absolute atomic E-state index is 0.0152. The van der Waals surface area contributed by atoms with Crippen LogP contribution in [0.2, 0.25) is 5.02 Å². The van der Waals surface area contributed by atoms with E-state index >= 15 is 0 Å². The molecule has 2 aromatic rings. The fourth-order valence-corrected chi connectivity index (χ4v) is 5.11. The first-order valence-electron chi connectivity index (χ1n) is 11.9. The van der Waals surface area contributed by atoms with Crippen LogP contribution in [0.25, 0.3) is 0 Å². The molecule has 14 heteroatoms. The number of ether oxygens (including phenoxy) is 1. The van der Waals surface area contributed by atoms with Crippen LogP contribution in [0.3, 0.4) is 0 Å². The number of halogens is 4. The summed E-state index contributed by atoms with van der Waals surface area (Å²) in [6.07, 6.45) is -4.66. The molecule has 1 atom stereocenters. The Morgan fingerprint density at radius 2 is 1.69 bits per heavy atom. The van der Waals surface area contributed by atoms with Crippen molar-refractivity contribution in [2.75, 3.05) is 25.0 Å². The van der Waals surface area contributed by atoms with Crippen LogP contribution in [0.15, 0.2) is 47.4 Å². The maximum Gasteiger partial charge on any atom is 0.416 e. The molecule has 0 bridgehead atoms. The number of alkyl halides is 3. The van der Waals surface area contributed by atoms with E-state index in [0.717, 1.165) is 12.1 Å². The maximum absolute atomic E-state index is 12.9. The molecule has 0 radical (unpaired) electrons. The highest BCUT2D eigenvalue weighted by molar-refractivity contribution is 7.89. The average Bonchev–Trinajstić information content (AvgIpc) is 2.86. The second-order valence-electron chi connectivity index (χ2n) is 8.66. The van der Waals surface area contributed by atoms with Gasteiger partial charge in [0.15, 0.2) is 6.61 Å². The average molecular weight is 592 g/mol. The maximum atomic E-state index is 12.9. The number of carbonyl (C=O) groups is 3. The van der Waals surface area contributed by atoms with Crippen molar-refractivity contribution in [1.82, 2.24) is 9.62 Å². The molecule has 2 rings (SSSR count). The Kier molecular flexibility index (Phi) is 10.9. The summed E-state index contributed by atoms with van der Waals surface area (Å²) in [4.78, 5) is 37.7. The Morgan fingerprint density at radius 1 is 1.05 bits per heavy atom. The Balaban J connectivity index is 2.10. The van der Waals surface area contributed by atoms with E-state index in [0.29, 0.717) is 6.07 Å². The molecule has 0 spiro atoms. The van der Waals surface area contributed by atoms with E-state index in [1.165, 1.54) is 28.6 Å². The van der Waals surface area contributed by atoms with Crippen LogP contribution in [-0.4, -0.2) is 56.2 Å². The minimum atomic E-state index is -4.66. The molecule has 0 heterocycles. The summed E-state index contributed by atoms with van der Waals surface area (Å²) in [5.74, 6) is -3.17. The van der Waals surface area contributed by atoms with Gasteiger partial charge in [0, 0.05) is 18.7 Å². The molecule has 0 saturated heterocycles. The lowest BCUT2D eigenvalue weighted by Gasteiger charge is -2.21. The lowest BCUT2D eigenvalue weighted by Crippen LogP contribution is -2.46. The zero-order valence-electron chi connectivity index (χ0n) is 21.6. The number of esters is 1. The predicted molar refractivity (Wildman–Crippen MR) is 139 cm³/mol. The molecule has 0 aliphatic heterocycles. The normalized spacial score (nSPS) is 12.8. The first-order valence-corrected chi connectivity index (χ1v) is 13.7. The number of anilines is 1. The molecule has 0 saturated carbocycles. The summed E-state index contributed by atoms with van der Waals surface area (Å²) in [5.41, 5.74) is -1.37. The third-order valence-electron chi connectivity index (χ3n) is 5.56. The van der Waals surface area contributed by atoms with Crippen LogP contribution in [0.5, 0.6) is 0 Å². The zero-order chi connectivity index (χ0) is 29.5. The van der Waals surface area contributed by atoms with Crippen molar-refractivity contribution < 1.29 is 40.7 Å². The predicted octanol–water partition coefficient (Wildman–Crippen LogP) is 4.33. The van der Waals surface area contributed by atoms with Gasteiger partial charge in [0.1, 0.15) is 6.04 Å². The van der Waals surface area contributed by atoms with Crippen LogP contribution in [0.1, 0.15) is 43.6 Å². The molecule has 9 nitrogen and oxygen atoms in total. The molecule has 39 heavy (non-hydrogen) atoms. The van der Waals surface area contributed by atoms with Crippen molar-refractivity contribution in [3.05, 3.63) is 58.6 Å². The first kappa shape index (κ1) is 32.1. The molecule has 0 fully saturated rings. The van der Waals surface area contributed by atoms with Gasteiger partial charge >= 0.3 is 12.1 Å². The molecule has 0 aliphatic carbocycles. The summed E-state index contributed by atoms with van der Waals surface area (Å²) < 4.78 is 70.6. The van der Waals surface area contributed by atoms with Gasteiger partial charge in [-0.3, -0.25) is 9.59 Å². The second-order valence-corrected chi connectivity index (χ2v) is 11.0. The molecular weight excluding hydrogens is 563 g/mol. The number of rotatable bonds is 11. The van der Waals surface area contributed by atoms with Gasteiger partial charge in [0.2, 0.25) is 10.0 Å². The van der Waals surface area contributed by atoms with E-state index in [-0.39, 0.29) is 34.3 Å². The number of sulfonamides is 1. The monoisotopic (exact) mass is 591 g/mol. The minimum Gasteiger partial charge on any atom is -0.454 e. The van der Waals surface area contributed by atoms with E-state index in [1.54, 1.807) is 27.7 Å². The van der Waals surface area contributed by atoms with Crippen molar-refractivity contribution in [2.24, 2.45) is 5.92 Å². The van der Waals surface area contributed by atoms with Crippen LogP contribution < -0.4 is 10.6 Å². The van der Waals surface area contributed by atoms with E-state index < -0.39 is 58.1 Å². The molecule has 1 unspecified atom stereocenters. The van der Waals surface area contributed by atoms with Crippen molar-refractivity contribution in [3.8, 4) is 0 Å². The highest BCUT2D eigenvalue weighted by Gasteiger charge is 2.31. The largest absolute Gasteiger partial charge is 0.454 e. The molecule has 2 amide bonds. The van der Waals surface area contributed by atoms with Crippen molar-refractivity contribution in [3.63, 3.8) is 0 Å². The zero-order valence-corrected chi connectivity index (χ0v) is 23.2. The standard InChI is InChI=1S/C25H29ClF3N3O6S/c1-5-32(6-2)39(36,37)18-9-7-8-16(12-18)23(34)31-22(15(3)4)24(35)38-14-21(33)30-20-13-17(25(27,28)29)10-11-19(20)26/h7-13,15,22H,5-6,14H2,1-4H3,(H,30,33)(H,31,34). The second kappa shape index (κ2) is 13.3. The lowest BCUT2D eigenvalue weighted by atomic mass is 10.0. The topological polar surface area (TPSA) is 122 Å². The van der Waals surface area contributed by atoms with Gasteiger partial charge < -0.3 is 15.4 Å². The number of carbonyl (C=O) groups excluding carboxylic acids is 3. The highest BCUT2D eigenvalue weighted by atomic mass is 35.5. The Labute approximate surface area is 229 Å². The van der Waals surface area contributed by atoms with Gasteiger partial charge in [-0.15, -0.1) is 0 Å². The fourth-order valence-electron chi connectivity index (χ4n) is 3.44. The molecular formula is C25H29ClF3N3O6S. The van der Waals surface area contributed by atoms with Gasteiger partial charge in [-0.25, -0.2) is 13.2 Å². The van der Waals surface area contributed by atoms with Crippen molar-refractivity contribution in [1.29, 1.82) is 0 Å². The third kappa shape index (κ3) is 8.41. The molecule has 0 aromatic heterocycles. The molecule has 2 aromatic carbocycles. The quantitative estimate of drug-likeness (QED) is 0.375. The van der Waals surface area contributed by atoms with Gasteiger partial charge in [-0.1, -0.05) is 45.4 Å².